The van der Waals surface area contributed by atoms with Crippen LogP contribution in [0.15, 0.2) is 60.7 Å². The summed E-state index contributed by atoms with van der Waals surface area (Å²) in [5.41, 5.74) is 2.06. The third-order valence-corrected chi connectivity index (χ3v) is 4.40. The zero-order valence-corrected chi connectivity index (χ0v) is 15.1. The molecule has 2 amide bonds. The molecule has 0 fully saturated rings. The van der Waals surface area contributed by atoms with Gasteiger partial charge in [-0.25, -0.2) is 0 Å². The van der Waals surface area contributed by atoms with Crippen LogP contribution >= 0.6 is 11.6 Å². The van der Waals surface area contributed by atoms with Gasteiger partial charge >= 0.3 is 0 Å². The molecule has 0 bridgehead atoms. The molecule has 0 spiro atoms. The molecule has 2 N–H and O–H groups in total. The Morgan fingerprint density at radius 1 is 1.04 bits per heavy atom. The van der Waals surface area contributed by atoms with Crippen LogP contribution in [0.5, 0.6) is 11.5 Å². The normalized spacial score (nSPS) is 11.8. The lowest BCUT2D eigenvalue weighted by atomic mass is 10.1. The summed E-state index contributed by atoms with van der Waals surface area (Å²) in [7, 11) is 0. The number of anilines is 2. The number of ether oxygens (including phenoxy) is 1. The Morgan fingerprint density at radius 2 is 1.79 bits per heavy atom. The van der Waals surface area contributed by atoms with Gasteiger partial charge in [-0.3, -0.25) is 9.59 Å². The number of benzene rings is 3. The lowest BCUT2D eigenvalue weighted by molar-refractivity contribution is 0.101. The molecule has 0 radical (unpaired) electrons. The Balaban J connectivity index is 1.60. The van der Waals surface area contributed by atoms with Crippen LogP contribution in [0.25, 0.3) is 0 Å². The van der Waals surface area contributed by atoms with E-state index in [0.717, 1.165) is 0 Å². The number of nitrogens with one attached hydrogen (secondary N) is 2. The van der Waals surface area contributed by atoms with Gasteiger partial charge in [0.05, 0.1) is 22.9 Å². The molecule has 0 saturated heterocycles. The van der Waals surface area contributed by atoms with Gasteiger partial charge in [0.1, 0.15) is 5.75 Å². The summed E-state index contributed by atoms with van der Waals surface area (Å²) in [5, 5.41) is 14.8. The minimum atomic E-state index is -0.370. The molecule has 0 aromatic heterocycles. The van der Waals surface area contributed by atoms with Crippen molar-refractivity contribution in [1.82, 2.24) is 0 Å². The summed E-state index contributed by atoms with van der Waals surface area (Å²) in [6.45, 7) is 0. The summed E-state index contributed by atoms with van der Waals surface area (Å²) in [4.78, 5) is 25.0. The second-order valence-electron chi connectivity index (χ2n) is 6.05. The standard InChI is InChI=1S/C21H12ClN3O3/c22-14-5-7-19-17(9-14)25-21(27)16-10-15(6-8-18(16)28-19)24-20(26)13-3-1-12(11-23)2-4-13/h1-10H,(H,24,26)(H,25,27). The van der Waals surface area contributed by atoms with Crippen molar-refractivity contribution in [1.29, 1.82) is 5.26 Å². The summed E-state index contributed by atoms with van der Waals surface area (Å²) in [5.74, 6) is 0.126. The number of rotatable bonds is 2. The molecule has 7 heteroatoms. The predicted molar refractivity (Wildman–Crippen MR) is 105 cm³/mol. The molecule has 0 saturated carbocycles. The van der Waals surface area contributed by atoms with Crippen molar-refractivity contribution in [3.8, 4) is 17.6 Å². The van der Waals surface area contributed by atoms with E-state index in [2.05, 4.69) is 10.6 Å². The minimum absolute atomic E-state index is 0.282. The second kappa shape index (κ2) is 7.06. The molecule has 0 atom stereocenters. The Kier molecular flexibility index (Phi) is 4.44. The van der Waals surface area contributed by atoms with Crippen LogP contribution in [-0.2, 0) is 0 Å². The molecule has 1 aliphatic rings. The van der Waals surface area contributed by atoms with Gasteiger partial charge in [-0.2, -0.15) is 5.26 Å². The van der Waals surface area contributed by atoms with Crippen LogP contribution in [0, 0.1) is 11.3 Å². The Hall–Kier alpha value is -3.82. The fourth-order valence-corrected chi connectivity index (χ4v) is 2.94. The summed E-state index contributed by atoms with van der Waals surface area (Å²) >= 11 is 5.98. The summed E-state index contributed by atoms with van der Waals surface area (Å²) in [6.07, 6.45) is 0. The van der Waals surface area contributed by atoms with E-state index in [-0.39, 0.29) is 17.4 Å². The highest BCUT2D eigenvalue weighted by Gasteiger charge is 2.22. The number of nitrogens with zero attached hydrogens (tertiary/aromatic N) is 1. The molecule has 1 aliphatic heterocycles. The van der Waals surface area contributed by atoms with E-state index in [1.807, 2.05) is 6.07 Å². The van der Waals surface area contributed by atoms with E-state index in [9.17, 15) is 9.59 Å². The van der Waals surface area contributed by atoms with Crippen LogP contribution in [0.2, 0.25) is 5.02 Å². The van der Waals surface area contributed by atoms with E-state index in [1.54, 1.807) is 60.7 Å². The number of halogens is 1. The summed E-state index contributed by atoms with van der Waals surface area (Å²) in [6, 6.07) is 18.0. The molecule has 3 aromatic carbocycles. The Bertz CT molecular complexity index is 1150. The highest BCUT2D eigenvalue weighted by atomic mass is 35.5. The van der Waals surface area contributed by atoms with Crippen LogP contribution < -0.4 is 15.4 Å². The first-order valence-corrected chi connectivity index (χ1v) is 8.65. The quantitative estimate of drug-likeness (QED) is 0.657. The lowest BCUT2D eigenvalue weighted by Gasteiger charge is -2.10. The maximum atomic E-state index is 12.6. The molecule has 1 heterocycles. The molecule has 6 nitrogen and oxygen atoms in total. The molecular weight excluding hydrogens is 378 g/mol. The van der Waals surface area contributed by atoms with Gasteiger partial charge < -0.3 is 15.4 Å². The smallest absolute Gasteiger partial charge is 0.259 e. The largest absolute Gasteiger partial charge is 0.454 e. The van der Waals surface area contributed by atoms with Gasteiger partial charge in [0.15, 0.2) is 5.75 Å². The van der Waals surface area contributed by atoms with Crippen molar-refractivity contribution >= 4 is 34.8 Å². The van der Waals surface area contributed by atoms with E-state index >= 15 is 0 Å². The van der Waals surface area contributed by atoms with E-state index in [1.165, 1.54) is 0 Å². The van der Waals surface area contributed by atoms with Crippen molar-refractivity contribution in [2.24, 2.45) is 0 Å². The molecule has 4 rings (SSSR count). The van der Waals surface area contributed by atoms with Crippen LogP contribution in [0.1, 0.15) is 26.3 Å². The third-order valence-electron chi connectivity index (χ3n) is 4.17. The fraction of sp³-hybridized carbons (Fsp3) is 0. The molecule has 0 aliphatic carbocycles. The number of nitriles is 1. The first-order valence-electron chi connectivity index (χ1n) is 8.28. The van der Waals surface area contributed by atoms with Crippen molar-refractivity contribution in [2.45, 2.75) is 0 Å². The van der Waals surface area contributed by atoms with Crippen molar-refractivity contribution < 1.29 is 14.3 Å². The van der Waals surface area contributed by atoms with Crippen molar-refractivity contribution in [3.63, 3.8) is 0 Å². The van der Waals surface area contributed by atoms with E-state index < -0.39 is 0 Å². The number of carbonyl (C=O) groups excluding carboxylic acids is 2. The van der Waals surface area contributed by atoms with Gasteiger partial charge in [-0.15, -0.1) is 0 Å². The first kappa shape index (κ1) is 17.6. The SMILES string of the molecule is N#Cc1ccc(C(=O)Nc2ccc3c(c2)C(=O)Nc2cc(Cl)ccc2O3)cc1. The van der Waals surface area contributed by atoms with Gasteiger partial charge in [0.25, 0.3) is 11.8 Å². The number of carbonyl (C=O) groups is 2. The van der Waals surface area contributed by atoms with Crippen molar-refractivity contribution in [3.05, 3.63) is 82.4 Å². The predicted octanol–water partition coefficient (Wildman–Crippen LogP) is 4.82. The van der Waals surface area contributed by atoms with E-state index in [0.29, 0.717) is 39.0 Å². The van der Waals surface area contributed by atoms with Gasteiger partial charge in [-0.1, -0.05) is 11.6 Å². The number of hydrogen-bond donors (Lipinski definition) is 2. The highest BCUT2D eigenvalue weighted by molar-refractivity contribution is 6.31. The zero-order chi connectivity index (χ0) is 19.7. The van der Waals surface area contributed by atoms with Crippen LogP contribution in [0.4, 0.5) is 11.4 Å². The number of hydrogen-bond acceptors (Lipinski definition) is 4. The maximum absolute atomic E-state index is 12.6. The monoisotopic (exact) mass is 389 g/mol. The minimum Gasteiger partial charge on any atom is -0.454 e. The van der Waals surface area contributed by atoms with Crippen LogP contribution in [-0.4, -0.2) is 11.8 Å². The summed E-state index contributed by atoms with van der Waals surface area (Å²) < 4.78 is 5.81. The average Bonchev–Trinajstić information content (AvgIpc) is 2.83. The van der Waals surface area contributed by atoms with Crippen molar-refractivity contribution in [2.75, 3.05) is 10.6 Å². The molecular formula is C21H12ClN3O3. The second-order valence-corrected chi connectivity index (χ2v) is 6.49. The Labute approximate surface area is 165 Å². The lowest BCUT2D eigenvalue weighted by Crippen LogP contribution is -2.14. The highest BCUT2D eigenvalue weighted by Crippen LogP contribution is 2.37. The number of fused-ring (bicyclic) bond motifs is 2. The topological polar surface area (TPSA) is 91.2 Å². The molecule has 28 heavy (non-hydrogen) atoms. The number of amides is 2. The fourth-order valence-electron chi connectivity index (χ4n) is 2.77. The Morgan fingerprint density at radius 3 is 2.54 bits per heavy atom. The van der Waals surface area contributed by atoms with Crippen LogP contribution in [0.3, 0.4) is 0 Å². The van der Waals surface area contributed by atoms with E-state index in [4.69, 9.17) is 21.6 Å². The van der Waals surface area contributed by atoms with Gasteiger partial charge in [0.2, 0.25) is 0 Å². The molecule has 136 valence electrons. The maximum Gasteiger partial charge on any atom is 0.259 e. The first-order chi connectivity index (χ1) is 13.5. The average molecular weight is 390 g/mol. The zero-order valence-electron chi connectivity index (χ0n) is 14.3. The third kappa shape index (κ3) is 3.39. The van der Waals surface area contributed by atoms with Gasteiger partial charge in [-0.05, 0) is 60.7 Å². The molecule has 3 aromatic rings. The molecule has 0 unspecified atom stereocenters. The van der Waals surface area contributed by atoms with Gasteiger partial charge in [0, 0.05) is 16.3 Å².